The molecule has 1 N–H and O–H groups in total. The number of aliphatic hydroxyl groups excluding tert-OH is 1. The molecule has 2 nitrogen and oxygen atoms in total. The number of aliphatic hydroxyl groups is 1. The van der Waals surface area contributed by atoms with Gasteiger partial charge in [0.15, 0.2) is 5.78 Å². The van der Waals surface area contributed by atoms with Crippen LogP contribution in [0.4, 0.5) is 0 Å². The summed E-state index contributed by atoms with van der Waals surface area (Å²) in [6.45, 7) is 14.4. The average Bonchev–Trinajstić information content (AvgIpc) is 3.07. The van der Waals surface area contributed by atoms with Crippen molar-refractivity contribution >= 4 is 5.78 Å². The molecule has 0 saturated heterocycles. The predicted molar refractivity (Wildman–Crippen MR) is 129 cm³/mol. The topological polar surface area (TPSA) is 37.3 Å². The van der Waals surface area contributed by atoms with E-state index in [1.165, 1.54) is 32.1 Å². The van der Waals surface area contributed by atoms with E-state index in [-0.39, 0.29) is 11.2 Å². The standard InChI is InChI=1S/C29H46O2/c1-7-20(18(2)3)9-8-19(4)23-10-11-24-22-17-27(31)26-16-21(30)12-14-29(26,6)25(22)13-15-28(23,24)5/h8-9,16,18-20,22-25,27,31H,7,10-15,17H2,1-6H3/b9-8+/t19-,20-,22?,23?,24?,25?,27-,28-,29-/m1/s1. The Kier molecular flexibility index (Phi) is 6.36. The molecule has 0 aliphatic heterocycles. The highest BCUT2D eigenvalue weighted by molar-refractivity contribution is 5.91. The van der Waals surface area contributed by atoms with Gasteiger partial charge in [-0.1, -0.05) is 53.7 Å². The van der Waals surface area contributed by atoms with E-state index < -0.39 is 6.10 Å². The molecule has 0 spiro atoms. The van der Waals surface area contributed by atoms with Gasteiger partial charge < -0.3 is 5.11 Å². The molecular weight excluding hydrogens is 380 g/mol. The molecule has 4 aliphatic carbocycles. The molecule has 0 aromatic rings. The molecule has 3 fully saturated rings. The molecule has 31 heavy (non-hydrogen) atoms. The summed E-state index contributed by atoms with van der Waals surface area (Å²) in [5.41, 5.74) is 1.50. The Hall–Kier alpha value is -0.890. The minimum atomic E-state index is -0.412. The lowest BCUT2D eigenvalue weighted by molar-refractivity contribution is -0.119. The van der Waals surface area contributed by atoms with E-state index in [0.29, 0.717) is 41.4 Å². The second-order valence-electron chi connectivity index (χ2n) is 12.4. The summed E-state index contributed by atoms with van der Waals surface area (Å²) in [5, 5.41) is 11.1. The van der Waals surface area contributed by atoms with Crippen molar-refractivity contribution in [3.63, 3.8) is 0 Å². The summed E-state index contributed by atoms with van der Waals surface area (Å²) in [5.74, 6) is 5.00. The van der Waals surface area contributed by atoms with Crippen molar-refractivity contribution in [2.45, 2.75) is 99.0 Å². The van der Waals surface area contributed by atoms with Gasteiger partial charge >= 0.3 is 0 Å². The summed E-state index contributed by atoms with van der Waals surface area (Å²) in [7, 11) is 0. The normalized spacial score (nSPS) is 44.6. The van der Waals surface area contributed by atoms with Crippen molar-refractivity contribution < 1.29 is 9.90 Å². The maximum absolute atomic E-state index is 12.1. The lowest BCUT2D eigenvalue weighted by atomic mass is 9.46. The zero-order valence-electron chi connectivity index (χ0n) is 20.9. The molecule has 0 aromatic heterocycles. The zero-order chi connectivity index (χ0) is 22.6. The smallest absolute Gasteiger partial charge is 0.155 e. The Morgan fingerprint density at radius 1 is 1.10 bits per heavy atom. The molecular formula is C29H46O2. The lowest BCUT2D eigenvalue weighted by Gasteiger charge is -2.59. The van der Waals surface area contributed by atoms with E-state index in [1.807, 2.05) is 6.08 Å². The van der Waals surface area contributed by atoms with Crippen LogP contribution < -0.4 is 0 Å². The molecule has 0 bridgehead atoms. The van der Waals surface area contributed by atoms with Gasteiger partial charge in [0, 0.05) is 6.42 Å². The van der Waals surface area contributed by atoms with E-state index in [0.717, 1.165) is 30.3 Å². The van der Waals surface area contributed by atoms with Crippen LogP contribution in [0, 0.1) is 52.3 Å². The molecule has 0 aromatic carbocycles. The largest absolute Gasteiger partial charge is 0.389 e. The summed E-state index contributed by atoms with van der Waals surface area (Å²) in [6, 6.07) is 0. The fourth-order valence-electron chi connectivity index (χ4n) is 8.79. The second-order valence-corrected chi connectivity index (χ2v) is 12.4. The van der Waals surface area contributed by atoms with Gasteiger partial charge in [0.05, 0.1) is 6.10 Å². The average molecular weight is 427 g/mol. The van der Waals surface area contributed by atoms with E-state index in [4.69, 9.17) is 0 Å². The van der Waals surface area contributed by atoms with Crippen LogP contribution in [-0.4, -0.2) is 17.0 Å². The van der Waals surface area contributed by atoms with E-state index in [1.54, 1.807) is 0 Å². The van der Waals surface area contributed by atoms with Crippen molar-refractivity contribution in [2.75, 3.05) is 0 Å². The summed E-state index contributed by atoms with van der Waals surface area (Å²) < 4.78 is 0. The molecule has 4 rings (SSSR count). The van der Waals surface area contributed by atoms with Gasteiger partial charge in [-0.15, -0.1) is 0 Å². The maximum Gasteiger partial charge on any atom is 0.155 e. The van der Waals surface area contributed by atoms with Gasteiger partial charge in [0.2, 0.25) is 0 Å². The minimum Gasteiger partial charge on any atom is -0.389 e. The Morgan fingerprint density at radius 3 is 2.52 bits per heavy atom. The SMILES string of the molecule is CC[C@H](/C=C/[C@@H](C)C1CCC2C3C[C@@H](O)C4=CC(=O)CC[C@]4(C)C3CC[C@@]21C)C(C)C. The van der Waals surface area contributed by atoms with Gasteiger partial charge in [0.1, 0.15) is 0 Å². The van der Waals surface area contributed by atoms with Gasteiger partial charge in [-0.05, 0) is 109 Å². The van der Waals surface area contributed by atoms with Crippen LogP contribution in [0.25, 0.3) is 0 Å². The van der Waals surface area contributed by atoms with Crippen molar-refractivity contribution in [2.24, 2.45) is 52.3 Å². The third kappa shape index (κ3) is 3.79. The molecule has 4 aliphatic rings. The highest BCUT2D eigenvalue weighted by Gasteiger charge is 2.60. The fourth-order valence-corrected chi connectivity index (χ4v) is 8.79. The van der Waals surface area contributed by atoms with Crippen molar-refractivity contribution in [3.8, 4) is 0 Å². The minimum absolute atomic E-state index is 0.0345. The molecule has 174 valence electrons. The van der Waals surface area contributed by atoms with Crippen molar-refractivity contribution in [3.05, 3.63) is 23.8 Å². The van der Waals surface area contributed by atoms with Crippen LogP contribution in [0.5, 0.6) is 0 Å². The van der Waals surface area contributed by atoms with Gasteiger partial charge in [-0.2, -0.15) is 0 Å². The maximum atomic E-state index is 12.1. The lowest BCUT2D eigenvalue weighted by Crippen LogP contribution is -2.54. The van der Waals surface area contributed by atoms with Crippen molar-refractivity contribution in [1.29, 1.82) is 0 Å². The number of hydrogen-bond donors (Lipinski definition) is 1. The number of fused-ring (bicyclic) bond motifs is 5. The molecule has 0 heterocycles. The van der Waals surface area contributed by atoms with Crippen LogP contribution >= 0.6 is 0 Å². The number of carbonyl (C=O) groups excluding carboxylic acids is 1. The third-order valence-corrected chi connectivity index (χ3v) is 10.7. The van der Waals surface area contributed by atoms with E-state index in [2.05, 4.69) is 53.7 Å². The molecule has 0 radical (unpaired) electrons. The Morgan fingerprint density at radius 2 is 1.84 bits per heavy atom. The number of allylic oxidation sites excluding steroid dienone is 2. The number of ketones is 1. The first kappa shape index (κ1) is 23.3. The summed E-state index contributed by atoms with van der Waals surface area (Å²) >= 11 is 0. The third-order valence-electron chi connectivity index (χ3n) is 10.7. The van der Waals surface area contributed by atoms with Gasteiger partial charge in [-0.3, -0.25) is 4.79 Å². The molecule has 4 unspecified atom stereocenters. The zero-order valence-corrected chi connectivity index (χ0v) is 20.9. The molecule has 3 saturated carbocycles. The van der Waals surface area contributed by atoms with E-state index >= 15 is 0 Å². The van der Waals surface area contributed by atoms with E-state index in [9.17, 15) is 9.90 Å². The highest BCUT2D eigenvalue weighted by atomic mass is 16.3. The quantitative estimate of drug-likeness (QED) is 0.481. The fraction of sp³-hybridized carbons (Fsp3) is 0.828. The monoisotopic (exact) mass is 426 g/mol. The Balaban J connectivity index is 1.55. The molecule has 2 heteroatoms. The van der Waals surface area contributed by atoms with Crippen LogP contribution in [0.2, 0.25) is 0 Å². The van der Waals surface area contributed by atoms with Crippen molar-refractivity contribution in [1.82, 2.24) is 0 Å². The summed E-state index contributed by atoms with van der Waals surface area (Å²) in [4.78, 5) is 12.1. The van der Waals surface area contributed by atoms with Gasteiger partial charge in [-0.25, -0.2) is 0 Å². The van der Waals surface area contributed by atoms with Gasteiger partial charge in [0.25, 0.3) is 0 Å². The number of rotatable bonds is 5. The summed E-state index contributed by atoms with van der Waals surface area (Å²) in [6.07, 6.45) is 15.4. The number of carbonyl (C=O) groups is 1. The first-order valence-corrected chi connectivity index (χ1v) is 13.2. The van der Waals surface area contributed by atoms with Crippen LogP contribution in [0.1, 0.15) is 92.9 Å². The second kappa shape index (κ2) is 8.47. The molecule has 9 atom stereocenters. The molecule has 0 amide bonds. The van der Waals surface area contributed by atoms with Crippen LogP contribution in [-0.2, 0) is 4.79 Å². The first-order chi connectivity index (χ1) is 14.6. The van der Waals surface area contributed by atoms with Crippen LogP contribution in [0.15, 0.2) is 23.8 Å². The number of hydrogen-bond acceptors (Lipinski definition) is 2. The van der Waals surface area contributed by atoms with Crippen LogP contribution in [0.3, 0.4) is 0 Å². The Labute approximate surface area is 191 Å². The first-order valence-electron chi connectivity index (χ1n) is 13.2. The Bertz CT molecular complexity index is 748. The highest BCUT2D eigenvalue weighted by Crippen LogP contribution is 2.67. The predicted octanol–water partition coefficient (Wildman–Crippen LogP) is 6.98.